The largest absolute Gasteiger partial charge is 0.502 e. The average Bonchev–Trinajstić information content (AvgIpc) is 2.23. The summed E-state index contributed by atoms with van der Waals surface area (Å²) < 4.78 is 9.50. The van der Waals surface area contributed by atoms with Crippen LogP contribution in [0.3, 0.4) is 0 Å². The van der Waals surface area contributed by atoms with Gasteiger partial charge < -0.3 is 9.47 Å². The summed E-state index contributed by atoms with van der Waals surface area (Å²) in [5, 5.41) is 0. The van der Waals surface area contributed by atoms with Crippen molar-refractivity contribution in [1.82, 2.24) is 0 Å². The third kappa shape index (κ3) is 17.2. The van der Waals surface area contributed by atoms with Crippen molar-refractivity contribution < 1.29 is 14.3 Å². The summed E-state index contributed by atoms with van der Waals surface area (Å²) in [5.74, 6) is -0.105. The average molecular weight is 202 g/mol. The van der Waals surface area contributed by atoms with Gasteiger partial charge >= 0.3 is 5.97 Å². The maximum atomic E-state index is 10.3. The van der Waals surface area contributed by atoms with Crippen molar-refractivity contribution in [2.45, 2.75) is 40.5 Å². The van der Waals surface area contributed by atoms with Gasteiger partial charge in [-0.15, -0.1) is 0 Å². The number of rotatable bonds is 5. The van der Waals surface area contributed by atoms with Crippen molar-refractivity contribution in [3.05, 3.63) is 12.3 Å². The third-order valence-electron chi connectivity index (χ3n) is 1.15. The number of allylic oxidation sites excluding steroid dienone is 1. The lowest BCUT2D eigenvalue weighted by Gasteiger charge is -1.97. The molecule has 0 bridgehead atoms. The van der Waals surface area contributed by atoms with Crippen LogP contribution < -0.4 is 0 Å². The van der Waals surface area contributed by atoms with Gasteiger partial charge in [-0.25, -0.2) is 0 Å². The molecule has 0 aliphatic rings. The SMILES string of the molecule is CC=COCC.CCCOC(=O)CC. The quantitative estimate of drug-likeness (QED) is 0.508. The third-order valence-corrected chi connectivity index (χ3v) is 1.15. The van der Waals surface area contributed by atoms with E-state index in [0.717, 1.165) is 13.0 Å². The molecule has 84 valence electrons. The van der Waals surface area contributed by atoms with Crippen LogP contribution in [0.15, 0.2) is 12.3 Å². The van der Waals surface area contributed by atoms with Gasteiger partial charge in [0.2, 0.25) is 0 Å². The molecule has 0 atom stereocenters. The Hall–Kier alpha value is -0.990. The van der Waals surface area contributed by atoms with Gasteiger partial charge in [0.1, 0.15) is 0 Å². The van der Waals surface area contributed by atoms with E-state index in [-0.39, 0.29) is 5.97 Å². The van der Waals surface area contributed by atoms with Crippen LogP contribution in [0.1, 0.15) is 40.5 Å². The number of hydrogen-bond acceptors (Lipinski definition) is 3. The molecule has 0 spiro atoms. The van der Waals surface area contributed by atoms with Crippen molar-refractivity contribution in [3.8, 4) is 0 Å². The van der Waals surface area contributed by atoms with Crippen LogP contribution >= 0.6 is 0 Å². The van der Waals surface area contributed by atoms with Gasteiger partial charge in [-0.2, -0.15) is 0 Å². The van der Waals surface area contributed by atoms with Crippen LogP contribution in [0.2, 0.25) is 0 Å². The summed E-state index contributed by atoms with van der Waals surface area (Å²) in [5.41, 5.74) is 0. The molecule has 0 unspecified atom stereocenters. The lowest BCUT2D eigenvalue weighted by molar-refractivity contribution is -0.143. The van der Waals surface area contributed by atoms with Crippen molar-refractivity contribution in [2.24, 2.45) is 0 Å². The van der Waals surface area contributed by atoms with E-state index in [4.69, 9.17) is 9.47 Å². The lowest BCUT2D eigenvalue weighted by Crippen LogP contribution is -2.02. The Morgan fingerprint density at radius 3 is 2.21 bits per heavy atom. The first-order chi connectivity index (χ1) is 6.72. The first kappa shape index (κ1) is 15.5. The van der Waals surface area contributed by atoms with Crippen molar-refractivity contribution >= 4 is 5.97 Å². The molecule has 0 aromatic heterocycles. The summed E-state index contributed by atoms with van der Waals surface area (Å²) in [4.78, 5) is 10.3. The van der Waals surface area contributed by atoms with Crippen LogP contribution in [0, 0.1) is 0 Å². The van der Waals surface area contributed by atoms with Crippen molar-refractivity contribution in [3.63, 3.8) is 0 Å². The zero-order chi connectivity index (χ0) is 11.2. The molecule has 0 rings (SSSR count). The maximum Gasteiger partial charge on any atom is 0.305 e. The van der Waals surface area contributed by atoms with E-state index in [1.54, 1.807) is 13.2 Å². The molecule has 0 amide bonds. The summed E-state index contributed by atoms with van der Waals surface area (Å²) >= 11 is 0. The first-order valence-electron chi connectivity index (χ1n) is 5.11. The van der Waals surface area contributed by atoms with Crippen LogP contribution in [0.25, 0.3) is 0 Å². The molecule has 0 N–H and O–H groups in total. The van der Waals surface area contributed by atoms with Gasteiger partial charge in [0.05, 0.1) is 19.5 Å². The minimum Gasteiger partial charge on any atom is -0.502 e. The predicted molar refractivity (Wildman–Crippen MR) is 58.0 cm³/mol. The standard InChI is InChI=1S/C6H12O2.C5H10O/c1-3-5-8-6(7)4-2;1-3-5-6-4-2/h3-5H2,1-2H3;3,5H,4H2,1-2H3. The highest BCUT2D eigenvalue weighted by molar-refractivity contribution is 5.68. The van der Waals surface area contributed by atoms with E-state index in [2.05, 4.69) is 0 Å². The second kappa shape index (κ2) is 14.5. The Balaban J connectivity index is 0. The molecule has 0 aromatic rings. The van der Waals surface area contributed by atoms with Gasteiger partial charge in [0.25, 0.3) is 0 Å². The number of esters is 1. The Kier molecular flexibility index (Phi) is 16.1. The highest BCUT2D eigenvalue weighted by atomic mass is 16.5. The van der Waals surface area contributed by atoms with E-state index in [1.165, 1.54) is 0 Å². The van der Waals surface area contributed by atoms with Crippen LogP contribution in [-0.4, -0.2) is 19.2 Å². The van der Waals surface area contributed by atoms with Gasteiger partial charge in [-0.1, -0.05) is 19.9 Å². The molecular formula is C11H22O3. The fraction of sp³-hybridized carbons (Fsp3) is 0.727. The molecule has 0 radical (unpaired) electrons. The molecule has 14 heavy (non-hydrogen) atoms. The fourth-order valence-corrected chi connectivity index (χ4v) is 0.510. The summed E-state index contributed by atoms with van der Waals surface area (Å²) in [6.07, 6.45) is 4.94. The number of hydrogen-bond donors (Lipinski definition) is 0. The van der Waals surface area contributed by atoms with E-state index in [1.807, 2.05) is 26.8 Å². The molecule has 0 saturated carbocycles. The van der Waals surface area contributed by atoms with Gasteiger partial charge in [-0.05, 0) is 20.3 Å². The molecular weight excluding hydrogens is 180 g/mol. The molecule has 3 heteroatoms. The normalized spacial score (nSPS) is 9.14. The summed E-state index contributed by atoms with van der Waals surface area (Å²) in [6, 6.07) is 0. The minimum absolute atomic E-state index is 0.105. The topological polar surface area (TPSA) is 35.5 Å². The lowest BCUT2D eigenvalue weighted by atomic mass is 10.5. The highest BCUT2D eigenvalue weighted by Crippen LogP contribution is 1.85. The van der Waals surface area contributed by atoms with Crippen LogP contribution in [-0.2, 0) is 14.3 Å². The zero-order valence-corrected chi connectivity index (χ0v) is 9.71. The molecule has 3 nitrogen and oxygen atoms in total. The summed E-state index contributed by atoms with van der Waals surface area (Å²) in [7, 11) is 0. The Labute approximate surface area is 87.1 Å². The molecule has 0 aromatic carbocycles. The molecule has 0 aliphatic heterocycles. The molecule has 0 aliphatic carbocycles. The van der Waals surface area contributed by atoms with Gasteiger partial charge in [0.15, 0.2) is 0 Å². The number of ether oxygens (including phenoxy) is 2. The maximum absolute atomic E-state index is 10.3. The second-order valence-electron chi connectivity index (χ2n) is 2.50. The minimum atomic E-state index is -0.105. The van der Waals surface area contributed by atoms with Crippen LogP contribution in [0.4, 0.5) is 0 Å². The monoisotopic (exact) mass is 202 g/mol. The molecule has 0 saturated heterocycles. The first-order valence-corrected chi connectivity index (χ1v) is 5.11. The van der Waals surface area contributed by atoms with Gasteiger partial charge in [0, 0.05) is 6.42 Å². The van der Waals surface area contributed by atoms with E-state index >= 15 is 0 Å². The van der Waals surface area contributed by atoms with E-state index < -0.39 is 0 Å². The summed E-state index contributed by atoms with van der Waals surface area (Å²) in [6.45, 7) is 8.98. The van der Waals surface area contributed by atoms with Crippen molar-refractivity contribution in [2.75, 3.05) is 13.2 Å². The van der Waals surface area contributed by atoms with E-state index in [9.17, 15) is 4.79 Å². The van der Waals surface area contributed by atoms with Crippen molar-refractivity contribution in [1.29, 1.82) is 0 Å². The Morgan fingerprint density at radius 1 is 1.29 bits per heavy atom. The fourth-order valence-electron chi connectivity index (χ4n) is 0.510. The highest BCUT2D eigenvalue weighted by Gasteiger charge is 1.93. The zero-order valence-electron chi connectivity index (χ0n) is 9.71. The van der Waals surface area contributed by atoms with Gasteiger partial charge in [-0.3, -0.25) is 4.79 Å². The van der Waals surface area contributed by atoms with Crippen LogP contribution in [0.5, 0.6) is 0 Å². The van der Waals surface area contributed by atoms with E-state index in [0.29, 0.717) is 13.0 Å². The number of carbonyl (C=O) groups excluding carboxylic acids is 1. The molecule has 0 fully saturated rings. The Bertz CT molecular complexity index is 141. The predicted octanol–water partition coefficient (Wildman–Crippen LogP) is 2.91. The Morgan fingerprint density at radius 2 is 1.93 bits per heavy atom. The molecule has 0 heterocycles. The number of carbonyl (C=O) groups is 1. The second-order valence-corrected chi connectivity index (χ2v) is 2.50. The smallest absolute Gasteiger partial charge is 0.305 e.